The lowest BCUT2D eigenvalue weighted by Crippen LogP contribution is -2.52. The molecule has 3 atom stereocenters. The zero-order valence-electron chi connectivity index (χ0n) is 27.5. The second kappa shape index (κ2) is 17.3. The predicted molar refractivity (Wildman–Crippen MR) is 168 cm³/mol. The number of likely N-dealkylation sites (tertiary alicyclic amines) is 1. The van der Waals surface area contributed by atoms with Crippen LogP contribution >= 0.6 is 0 Å². The molecule has 52 heavy (non-hydrogen) atoms. The van der Waals surface area contributed by atoms with E-state index in [4.69, 9.17) is 29.3 Å². The number of amides is 2. The van der Waals surface area contributed by atoms with Gasteiger partial charge >= 0.3 is 30.3 Å². The van der Waals surface area contributed by atoms with E-state index in [0.717, 1.165) is 50.1 Å². The van der Waals surface area contributed by atoms with Gasteiger partial charge in [0.1, 0.15) is 0 Å². The summed E-state index contributed by atoms with van der Waals surface area (Å²) in [5, 5.41) is 19.9. The topological polar surface area (TPSA) is 150 Å². The number of alkyl halides is 6. The summed E-state index contributed by atoms with van der Waals surface area (Å²) in [5.74, 6) is -6.08. The Labute approximate surface area is 291 Å². The van der Waals surface area contributed by atoms with Gasteiger partial charge in [-0.2, -0.15) is 26.3 Å². The van der Waals surface area contributed by atoms with Crippen LogP contribution in [-0.2, 0) is 21.5 Å². The van der Waals surface area contributed by atoms with Crippen LogP contribution in [0.1, 0.15) is 36.9 Å². The molecular formula is C33H34F8N4O7. The van der Waals surface area contributed by atoms with Gasteiger partial charge in [-0.05, 0) is 74.2 Å². The lowest BCUT2D eigenvalue weighted by molar-refractivity contribution is -0.193. The molecule has 3 aromatic rings. The molecule has 2 amide bonds. The highest BCUT2D eigenvalue weighted by Crippen LogP contribution is 2.50. The van der Waals surface area contributed by atoms with Gasteiger partial charge in [-0.3, -0.25) is 9.88 Å². The van der Waals surface area contributed by atoms with Crippen molar-refractivity contribution < 1.29 is 69.2 Å². The Balaban J connectivity index is 0.000000441. The first-order chi connectivity index (χ1) is 24.3. The third-order valence-electron chi connectivity index (χ3n) is 8.42. The Kier molecular flexibility index (Phi) is 13.7. The first kappa shape index (κ1) is 41.2. The standard InChI is InChI=1S/C29H32F2N4O3.2C2HF3O2/c1-37-25-9-6-19(15-26(25)38-2)29-11-10-21(34-28(36)33-20-7-8-23(30)24(31)16-20)17-27(29)35(14-12-29)18-22-5-3-4-13-32-22;2*3-2(4,5)1(6)7/h3-9,13,15-16,21,27H,10-12,14,17-18H2,1-2H3,(H2,33,34,36);2*(H,6,7)/t21-,27+,29+;;/m1../s1. The Morgan fingerprint density at radius 2 is 1.52 bits per heavy atom. The average Bonchev–Trinajstić information content (AvgIpc) is 3.44. The van der Waals surface area contributed by atoms with Crippen LogP contribution in [0.15, 0.2) is 60.8 Å². The van der Waals surface area contributed by atoms with Crippen molar-refractivity contribution in [2.75, 3.05) is 26.1 Å². The van der Waals surface area contributed by atoms with Gasteiger partial charge in [0.25, 0.3) is 0 Å². The number of fused-ring (bicyclic) bond motifs is 1. The molecule has 1 saturated heterocycles. The highest BCUT2D eigenvalue weighted by molar-refractivity contribution is 5.89. The number of hydrogen-bond donors (Lipinski definition) is 4. The summed E-state index contributed by atoms with van der Waals surface area (Å²) in [4.78, 5) is 37.5. The predicted octanol–water partition coefficient (Wildman–Crippen LogP) is 6.53. The van der Waals surface area contributed by atoms with Crippen LogP contribution in [0, 0.1) is 11.6 Å². The van der Waals surface area contributed by atoms with Crippen LogP contribution in [0.3, 0.4) is 0 Å². The van der Waals surface area contributed by atoms with Crippen molar-refractivity contribution >= 4 is 23.7 Å². The molecule has 2 heterocycles. The van der Waals surface area contributed by atoms with Gasteiger partial charge < -0.3 is 30.3 Å². The van der Waals surface area contributed by atoms with Gasteiger partial charge in [0, 0.05) is 42.0 Å². The first-order valence-corrected chi connectivity index (χ1v) is 15.3. The number of nitrogens with one attached hydrogen (secondary N) is 2. The highest BCUT2D eigenvalue weighted by Gasteiger charge is 2.52. The second-order valence-corrected chi connectivity index (χ2v) is 11.6. The van der Waals surface area contributed by atoms with Crippen LogP contribution in [0.2, 0.25) is 0 Å². The van der Waals surface area contributed by atoms with Crippen molar-refractivity contribution in [3.63, 3.8) is 0 Å². The van der Waals surface area contributed by atoms with Gasteiger partial charge in [0.2, 0.25) is 0 Å². The lowest BCUT2D eigenvalue weighted by atomic mass is 9.65. The van der Waals surface area contributed by atoms with E-state index < -0.39 is 42.0 Å². The Morgan fingerprint density at radius 1 is 0.885 bits per heavy atom. The molecule has 0 unspecified atom stereocenters. The SMILES string of the molecule is COc1ccc([C@@]23CC[C@@H](NC(=O)Nc4ccc(F)c(F)c4)C[C@@H]2N(Cc2ccccn2)CC3)cc1OC.O=C(O)C(F)(F)F.O=C(O)C(F)(F)F. The number of aliphatic carboxylic acids is 2. The number of benzene rings is 2. The number of halogens is 8. The van der Waals surface area contributed by atoms with E-state index >= 15 is 0 Å². The van der Waals surface area contributed by atoms with E-state index in [1.807, 2.05) is 24.3 Å². The summed E-state index contributed by atoms with van der Waals surface area (Å²) >= 11 is 0. The molecule has 5 rings (SSSR count). The minimum atomic E-state index is -5.08. The normalized spacial score (nSPS) is 19.8. The Morgan fingerprint density at radius 3 is 2.06 bits per heavy atom. The second-order valence-electron chi connectivity index (χ2n) is 11.6. The van der Waals surface area contributed by atoms with Crippen molar-refractivity contribution in [3.05, 3.63) is 83.7 Å². The number of ether oxygens (including phenoxy) is 2. The number of urea groups is 1. The van der Waals surface area contributed by atoms with E-state index in [9.17, 15) is 39.9 Å². The largest absolute Gasteiger partial charge is 0.493 e. The van der Waals surface area contributed by atoms with Crippen LogP contribution in [0.25, 0.3) is 0 Å². The number of nitrogens with zero attached hydrogens (tertiary/aromatic N) is 2. The zero-order valence-corrected chi connectivity index (χ0v) is 27.5. The number of hydrogen-bond acceptors (Lipinski definition) is 7. The van der Waals surface area contributed by atoms with Gasteiger partial charge in [-0.15, -0.1) is 0 Å². The smallest absolute Gasteiger partial charge is 0.490 e. The van der Waals surface area contributed by atoms with Crippen molar-refractivity contribution in [2.45, 2.75) is 62.1 Å². The molecule has 4 N–H and O–H groups in total. The summed E-state index contributed by atoms with van der Waals surface area (Å²) in [6.07, 6.45) is -4.98. The monoisotopic (exact) mass is 750 g/mol. The number of carboxylic acids is 2. The quantitative estimate of drug-likeness (QED) is 0.198. The number of carboxylic acid groups (broad SMARTS) is 2. The molecule has 0 bridgehead atoms. The molecule has 2 aromatic carbocycles. The first-order valence-electron chi connectivity index (χ1n) is 15.3. The molecule has 1 aliphatic carbocycles. The van der Waals surface area contributed by atoms with Crippen LogP contribution in [0.4, 0.5) is 45.6 Å². The van der Waals surface area contributed by atoms with Gasteiger partial charge in [0.05, 0.1) is 19.9 Å². The third-order valence-corrected chi connectivity index (χ3v) is 8.42. The number of pyridine rings is 1. The van der Waals surface area contributed by atoms with Crippen LogP contribution in [-0.4, -0.2) is 83.3 Å². The zero-order chi connectivity index (χ0) is 38.9. The van der Waals surface area contributed by atoms with E-state index in [1.54, 1.807) is 20.4 Å². The van der Waals surface area contributed by atoms with E-state index in [-0.39, 0.29) is 23.2 Å². The maximum atomic E-state index is 13.6. The highest BCUT2D eigenvalue weighted by atomic mass is 19.4. The third kappa shape index (κ3) is 10.9. The Bertz CT molecular complexity index is 1670. The van der Waals surface area contributed by atoms with Crippen molar-refractivity contribution in [3.8, 4) is 11.5 Å². The summed E-state index contributed by atoms with van der Waals surface area (Å²) in [6, 6.07) is 15.1. The minimum absolute atomic E-state index is 0.0807. The summed E-state index contributed by atoms with van der Waals surface area (Å²) < 4.78 is 101. The van der Waals surface area contributed by atoms with Gasteiger partial charge in [-0.1, -0.05) is 12.1 Å². The van der Waals surface area contributed by atoms with E-state index in [2.05, 4.69) is 32.7 Å². The molecule has 19 heteroatoms. The fourth-order valence-corrected chi connectivity index (χ4v) is 6.07. The molecule has 1 aliphatic heterocycles. The number of anilines is 1. The van der Waals surface area contributed by atoms with Gasteiger partial charge in [-0.25, -0.2) is 23.2 Å². The molecule has 2 fully saturated rings. The summed E-state index contributed by atoms with van der Waals surface area (Å²) in [5.41, 5.74) is 2.30. The van der Waals surface area contributed by atoms with Crippen molar-refractivity contribution in [2.24, 2.45) is 0 Å². The average molecular weight is 751 g/mol. The molecule has 284 valence electrons. The maximum absolute atomic E-state index is 13.6. The summed E-state index contributed by atoms with van der Waals surface area (Å²) in [7, 11) is 3.27. The lowest BCUT2D eigenvalue weighted by Gasteiger charge is -2.45. The number of methoxy groups -OCH3 is 2. The van der Waals surface area contributed by atoms with E-state index in [0.29, 0.717) is 18.0 Å². The van der Waals surface area contributed by atoms with Crippen LogP contribution < -0.4 is 20.1 Å². The minimum Gasteiger partial charge on any atom is -0.493 e. The molecule has 0 spiro atoms. The summed E-state index contributed by atoms with van der Waals surface area (Å²) in [6.45, 7) is 1.62. The number of aromatic nitrogens is 1. The van der Waals surface area contributed by atoms with E-state index in [1.165, 1.54) is 11.6 Å². The number of rotatable bonds is 7. The molecule has 2 aliphatic rings. The molecular weight excluding hydrogens is 716 g/mol. The van der Waals surface area contributed by atoms with Crippen LogP contribution in [0.5, 0.6) is 11.5 Å². The maximum Gasteiger partial charge on any atom is 0.490 e. The fourth-order valence-electron chi connectivity index (χ4n) is 6.07. The van der Waals surface area contributed by atoms with Crippen molar-refractivity contribution in [1.29, 1.82) is 0 Å². The molecule has 11 nitrogen and oxygen atoms in total. The molecule has 1 saturated carbocycles. The number of carbonyl (C=O) groups excluding carboxylic acids is 1. The molecule has 0 radical (unpaired) electrons. The Hall–Kier alpha value is -5.20. The van der Waals surface area contributed by atoms with Crippen molar-refractivity contribution in [1.82, 2.24) is 15.2 Å². The fraction of sp³-hybridized carbons (Fsp3) is 0.394. The number of carbonyl (C=O) groups is 3. The van der Waals surface area contributed by atoms with Gasteiger partial charge in [0.15, 0.2) is 23.1 Å². The molecule has 1 aromatic heterocycles.